The average Bonchev–Trinajstić information content (AvgIpc) is 3.12. The minimum Gasteiger partial charge on any atom is -0.467 e. The highest BCUT2D eigenvalue weighted by Gasteiger charge is 2.18. The molecule has 108 valence electrons. The van der Waals surface area contributed by atoms with E-state index >= 15 is 0 Å². The monoisotopic (exact) mass is 337 g/mol. The first kappa shape index (κ1) is 14.7. The van der Waals surface area contributed by atoms with Gasteiger partial charge in [-0.15, -0.1) is 11.3 Å². The molecule has 21 heavy (non-hydrogen) atoms. The lowest BCUT2D eigenvalue weighted by Crippen LogP contribution is -2.20. The van der Waals surface area contributed by atoms with Crippen molar-refractivity contribution in [2.45, 2.75) is 12.6 Å². The topological polar surface area (TPSA) is 25.2 Å². The molecule has 5 heteroatoms. The first-order valence-electron chi connectivity index (χ1n) is 6.49. The van der Waals surface area contributed by atoms with Gasteiger partial charge in [-0.25, -0.2) is 0 Å². The van der Waals surface area contributed by atoms with Gasteiger partial charge in [0, 0.05) is 16.4 Å². The van der Waals surface area contributed by atoms with Crippen LogP contribution in [0.1, 0.15) is 22.2 Å². The number of nitrogens with one attached hydrogen (secondary N) is 1. The summed E-state index contributed by atoms with van der Waals surface area (Å²) in [6.07, 6.45) is 1.68. The standard InChI is InChI=1S/C16H13Cl2NOS/c17-12-4-1-3-11(9-12)10-19-16(13-5-2-8-20-13)14-6-7-15(18)21-14/h1-9,16,19H,10H2. The van der Waals surface area contributed by atoms with Crippen molar-refractivity contribution < 1.29 is 4.42 Å². The molecule has 3 rings (SSSR count). The zero-order valence-electron chi connectivity index (χ0n) is 11.1. The Morgan fingerprint density at radius 3 is 2.67 bits per heavy atom. The van der Waals surface area contributed by atoms with E-state index < -0.39 is 0 Å². The Morgan fingerprint density at radius 2 is 2.00 bits per heavy atom. The Bertz CT molecular complexity index is 709. The second kappa shape index (κ2) is 6.67. The van der Waals surface area contributed by atoms with Gasteiger partial charge in [0.2, 0.25) is 0 Å². The Morgan fingerprint density at radius 1 is 1.10 bits per heavy atom. The number of rotatable bonds is 5. The van der Waals surface area contributed by atoms with Crippen LogP contribution < -0.4 is 5.32 Å². The number of hydrogen-bond donors (Lipinski definition) is 1. The molecule has 1 aromatic carbocycles. The molecule has 0 bridgehead atoms. The first-order valence-corrected chi connectivity index (χ1v) is 8.06. The summed E-state index contributed by atoms with van der Waals surface area (Å²) < 4.78 is 6.32. The van der Waals surface area contributed by atoms with Gasteiger partial charge in [0.25, 0.3) is 0 Å². The van der Waals surface area contributed by atoms with Crippen molar-refractivity contribution in [3.05, 3.63) is 80.4 Å². The SMILES string of the molecule is Clc1cccc(CNC(c2ccco2)c2ccc(Cl)s2)c1. The van der Waals surface area contributed by atoms with Crippen molar-refractivity contribution in [1.29, 1.82) is 0 Å². The number of thiophene rings is 1. The van der Waals surface area contributed by atoms with Crippen LogP contribution in [0.5, 0.6) is 0 Å². The van der Waals surface area contributed by atoms with Crippen LogP contribution in [0.15, 0.2) is 59.2 Å². The van der Waals surface area contributed by atoms with Gasteiger partial charge in [0.05, 0.1) is 10.6 Å². The molecule has 3 aromatic rings. The van der Waals surface area contributed by atoms with Crippen LogP contribution in [0.2, 0.25) is 9.36 Å². The third-order valence-corrected chi connectivity index (χ3v) is 4.64. The number of halogens is 2. The summed E-state index contributed by atoms with van der Waals surface area (Å²) in [6.45, 7) is 0.696. The summed E-state index contributed by atoms with van der Waals surface area (Å²) in [6, 6.07) is 15.6. The zero-order valence-corrected chi connectivity index (χ0v) is 13.4. The number of furan rings is 1. The van der Waals surface area contributed by atoms with Crippen LogP contribution in [0, 0.1) is 0 Å². The molecule has 0 amide bonds. The lowest BCUT2D eigenvalue weighted by atomic mass is 10.1. The molecule has 0 fully saturated rings. The Hall–Kier alpha value is -1.26. The van der Waals surface area contributed by atoms with Crippen molar-refractivity contribution in [3.63, 3.8) is 0 Å². The lowest BCUT2D eigenvalue weighted by molar-refractivity contribution is 0.449. The van der Waals surface area contributed by atoms with E-state index in [0.29, 0.717) is 6.54 Å². The predicted molar refractivity (Wildman–Crippen MR) is 88.2 cm³/mol. The van der Waals surface area contributed by atoms with Gasteiger partial charge in [0.1, 0.15) is 11.8 Å². The van der Waals surface area contributed by atoms with E-state index in [1.165, 1.54) is 0 Å². The lowest BCUT2D eigenvalue weighted by Gasteiger charge is -2.15. The van der Waals surface area contributed by atoms with Crippen LogP contribution in [0.25, 0.3) is 0 Å². The molecule has 2 nitrogen and oxygen atoms in total. The molecular formula is C16H13Cl2NOS. The minimum atomic E-state index is -0.0171. The maximum atomic E-state index is 6.05. The van der Waals surface area contributed by atoms with Gasteiger partial charge in [-0.1, -0.05) is 35.3 Å². The summed E-state index contributed by atoms with van der Waals surface area (Å²) in [5.41, 5.74) is 1.13. The van der Waals surface area contributed by atoms with Crippen molar-refractivity contribution >= 4 is 34.5 Å². The Labute approximate surface area is 137 Å². The van der Waals surface area contributed by atoms with Gasteiger partial charge >= 0.3 is 0 Å². The fourth-order valence-corrected chi connectivity index (χ4v) is 3.51. The minimum absolute atomic E-state index is 0.0171. The fourth-order valence-electron chi connectivity index (χ4n) is 2.15. The van der Waals surface area contributed by atoms with E-state index in [1.54, 1.807) is 17.6 Å². The molecule has 0 spiro atoms. The van der Waals surface area contributed by atoms with Crippen molar-refractivity contribution in [3.8, 4) is 0 Å². The van der Waals surface area contributed by atoms with Crippen molar-refractivity contribution in [2.24, 2.45) is 0 Å². The largest absolute Gasteiger partial charge is 0.467 e. The molecular weight excluding hydrogens is 325 g/mol. The van der Waals surface area contributed by atoms with Crippen LogP contribution in [0.3, 0.4) is 0 Å². The highest BCUT2D eigenvalue weighted by molar-refractivity contribution is 7.16. The normalized spacial score (nSPS) is 12.5. The number of hydrogen-bond acceptors (Lipinski definition) is 3. The number of benzene rings is 1. The van der Waals surface area contributed by atoms with E-state index in [9.17, 15) is 0 Å². The van der Waals surface area contributed by atoms with Gasteiger partial charge in [-0.05, 0) is 42.0 Å². The van der Waals surface area contributed by atoms with E-state index in [0.717, 1.165) is 25.6 Å². The van der Waals surface area contributed by atoms with E-state index in [1.807, 2.05) is 48.5 Å². The molecule has 2 heterocycles. The Kier molecular flexibility index (Phi) is 4.66. The van der Waals surface area contributed by atoms with Crippen molar-refractivity contribution in [1.82, 2.24) is 5.32 Å². The van der Waals surface area contributed by atoms with Crippen LogP contribution in [-0.4, -0.2) is 0 Å². The summed E-state index contributed by atoms with van der Waals surface area (Å²) in [4.78, 5) is 1.12. The summed E-state index contributed by atoms with van der Waals surface area (Å²) >= 11 is 13.6. The molecule has 0 saturated carbocycles. The predicted octanol–water partition coefficient (Wildman–Crippen LogP) is 5.53. The fraction of sp³-hybridized carbons (Fsp3) is 0.125. The molecule has 1 N–H and O–H groups in total. The van der Waals surface area contributed by atoms with E-state index in [-0.39, 0.29) is 6.04 Å². The second-order valence-corrected chi connectivity index (χ2v) is 6.78. The van der Waals surface area contributed by atoms with Gasteiger partial charge in [0.15, 0.2) is 0 Å². The smallest absolute Gasteiger partial charge is 0.126 e. The Balaban J connectivity index is 1.80. The summed E-state index contributed by atoms with van der Waals surface area (Å²) in [5, 5.41) is 4.23. The van der Waals surface area contributed by atoms with Crippen molar-refractivity contribution in [2.75, 3.05) is 0 Å². The molecule has 0 radical (unpaired) electrons. The maximum Gasteiger partial charge on any atom is 0.126 e. The first-order chi connectivity index (χ1) is 10.2. The zero-order chi connectivity index (χ0) is 14.7. The van der Waals surface area contributed by atoms with E-state index in [2.05, 4.69) is 5.32 Å². The molecule has 0 aliphatic carbocycles. The molecule has 1 atom stereocenters. The average molecular weight is 338 g/mol. The van der Waals surface area contributed by atoms with Crippen LogP contribution in [-0.2, 0) is 6.54 Å². The van der Waals surface area contributed by atoms with Gasteiger partial charge in [-0.2, -0.15) is 0 Å². The highest BCUT2D eigenvalue weighted by atomic mass is 35.5. The third-order valence-electron chi connectivity index (χ3n) is 3.11. The third kappa shape index (κ3) is 3.69. The molecule has 0 saturated heterocycles. The van der Waals surface area contributed by atoms with E-state index in [4.69, 9.17) is 27.6 Å². The molecule has 0 aliphatic heterocycles. The maximum absolute atomic E-state index is 6.05. The highest BCUT2D eigenvalue weighted by Crippen LogP contribution is 2.31. The molecule has 0 aliphatic rings. The van der Waals surface area contributed by atoms with Gasteiger partial charge < -0.3 is 4.42 Å². The summed E-state index contributed by atoms with van der Waals surface area (Å²) in [5.74, 6) is 0.871. The van der Waals surface area contributed by atoms with Gasteiger partial charge in [-0.3, -0.25) is 5.32 Å². The summed E-state index contributed by atoms with van der Waals surface area (Å²) in [7, 11) is 0. The molecule has 2 aromatic heterocycles. The quantitative estimate of drug-likeness (QED) is 0.662. The van der Waals surface area contributed by atoms with Crippen LogP contribution >= 0.6 is 34.5 Å². The second-order valence-electron chi connectivity index (χ2n) is 4.60. The molecule has 1 unspecified atom stereocenters. The van der Waals surface area contributed by atoms with Crippen LogP contribution in [0.4, 0.5) is 0 Å².